The Kier molecular flexibility index (Phi) is 4.78. The smallest absolute Gasteiger partial charge is 0.180 e. The van der Waals surface area contributed by atoms with Gasteiger partial charge in [0.15, 0.2) is 5.17 Å². The van der Waals surface area contributed by atoms with Gasteiger partial charge in [-0.15, -0.1) is 5.10 Å². The fourth-order valence-electron chi connectivity index (χ4n) is 0.868. The second-order valence-electron chi connectivity index (χ2n) is 2.53. The van der Waals surface area contributed by atoms with Gasteiger partial charge in [-0.2, -0.15) is 5.10 Å². The largest absolute Gasteiger partial charge is 0.377 e. The minimum Gasteiger partial charge on any atom is -0.377 e. The van der Waals surface area contributed by atoms with E-state index < -0.39 is 0 Å². The molecule has 0 bridgehead atoms. The molecule has 0 fully saturated rings. The van der Waals surface area contributed by atoms with E-state index >= 15 is 0 Å². The maximum Gasteiger partial charge on any atom is 0.180 e. The molecule has 0 aliphatic heterocycles. The van der Waals surface area contributed by atoms with Crippen LogP contribution in [-0.4, -0.2) is 17.1 Å². The minimum absolute atomic E-state index is 0.500. The van der Waals surface area contributed by atoms with E-state index in [9.17, 15) is 0 Å². The number of benzene rings is 1. The Bertz CT molecular complexity index is 319. The summed E-state index contributed by atoms with van der Waals surface area (Å²) >= 11 is 1.48. The van der Waals surface area contributed by atoms with Gasteiger partial charge < -0.3 is 5.73 Å². The van der Waals surface area contributed by atoms with Crippen LogP contribution in [-0.2, 0) is 0 Å². The van der Waals surface area contributed by atoms with Crippen molar-refractivity contribution in [3.8, 4) is 0 Å². The van der Waals surface area contributed by atoms with Crippen molar-refractivity contribution in [3.63, 3.8) is 0 Å². The highest BCUT2D eigenvalue weighted by Gasteiger charge is 1.87. The number of hydrogen-bond donors (Lipinski definition) is 1. The second-order valence-corrected chi connectivity index (χ2v) is 3.81. The predicted molar refractivity (Wildman–Crippen MR) is 63.8 cm³/mol. The molecule has 0 atom stereocenters. The van der Waals surface area contributed by atoms with Gasteiger partial charge in [-0.3, -0.25) is 0 Å². The summed E-state index contributed by atoms with van der Waals surface area (Å²) in [5.74, 6) is 0.913. The SMILES string of the molecule is CCSC(N)=NN=Cc1ccccc1. The molecule has 74 valence electrons. The lowest BCUT2D eigenvalue weighted by Crippen LogP contribution is -2.05. The summed E-state index contributed by atoms with van der Waals surface area (Å²) in [5, 5.41) is 8.21. The molecule has 3 nitrogen and oxygen atoms in total. The third-order valence-corrected chi connectivity index (χ3v) is 2.12. The molecular formula is C10H13N3S. The zero-order valence-corrected chi connectivity index (χ0v) is 8.87. The summed E-state index contributed by atoms with van der Waals surface area (Å²) in [4.78, 5) is 0. The van der Waals surface area contributed by atoms with Crippen LogP contribution in [0.1, 0.15) is 12.5 Å². The Morgan fingerprint density at radius 2 is 2.14 bits per heavy atom. The summed E-state index contributed by atoms with van der Waals surface area (Å²) in [6.45, 7) is 2.02. The maximum atomic E-state index is 5.55. The van der Waals surface area contributed by atoms with Gasteiger partial charge in [0.25, 0.3) is 0 Å². The molecule has 0 saturated heterocycles. The molecule has 0 aliphatic rings. The van der Waals surface area contributed by atoms with E-state index in [-0.39, 0.29) is 0 Å². The molecule has 0 aromatic heterocycles. The van der Waals surface area contributed by atoms with E-state index in [1.807, 2.05) is 37.3 Å². The highest BCUT2D eigenvalue weighted by molar-refractivity contribution is 8.13. The van der Waals surface area contributed by atoms with Crippen molar-refractivity contribution in [2.75, 3.05) is 5.75 Å². The molecule has 0 spiro atoms. The van der Waals surface area contributed by atoms with Crippen LogP contribution in [0.4, 0.5) is 0 Å². The van der Waals surface area contributed by atoms with Crippen LogP contribution in [0.3, 0.4) is 0 Å². The standard InChI is InChI=1S/C10H13N3S/c1-2-14-10(11)13-12-8-9-6-4-3-5-7-9/h3-8H,2H2,1H3,(H2,11,13). The minimum atomic E-state index is 0.500. The van der Waals surface area contributed by atoms with Gasteiger partial charge in [-0.1, -0.05) is 49.0 Å². The van der Waals surface area contributed by atoms with Crippen molar-refractivity contribution in [1.29, 1.82) is 0 Å². The molecular weight excluding hydrogens is 194 g/mol. The third-order valence-electron chi connectivity index (χ3n) is 1.45. The molecule has 14 heavy (non-hydrogen) atoms. The first kappa shape index (κ1) is 10.8. The summed E-state index contributed by atoms with van der Waals surface area (Å²) in [6.07, 6.45) is 1.68. The Morgan fingerprint density at radius 1 is 1.43 bits per heavy atom. The molecule has 1 aromatic carbocycles. The summed E-state index contributed by atoms with van der Waals surface area (Å²) < 4.78 is 0. The van der Waals surface area contributed by atoms with Gasteiger partial charge >= 0.3 is 0 Å². The molecule has 0 saturated carbocycles. The number of hydrogen-bond acceptors (Lipinski definition) is 3. The lowest BCUT2D eigenvalue weighted by molar-refractivity contribution is 1.25. The van der Waals surface area contributed by atoms with Gasteiger partial charge in [-0.25, -0.2) is 0 Å². The topological polar surface area (TPSA) is 50.7 Å². The molecule has 0 amide bonds. The van der Waals surface area contributed by atoms with Crippen LogP contribution in [0.15, 0.2) is 40.5 Å². The summed E-state index contributed by atoms with van der Waals surface area (Å²) in [7, 11) is 0. The normalized spacial score (nSPS) is 12.2. The zero-order valence-electron chi connectivity index (χ0n) is 8.05. The molecule has 1 rings (SSSR count). The first-order valence-corrected chi connectivity index (χ1v) is 5.36. The van der Waals surface area contributed by atoms with Crippen LogP contribution in [0.2, 0.25) is 0 Å². The summed E-state index contributed by atoms with van der Waals surface area (Å²) in [6, 6.07) is 9.79. The van der Waals surface area contributed by atoms with Gasteiger partial charge in [-0.05, 0) is 11.3 Å². The molecule has 0 unspecified atom stereocenters. The monoisotopic (exact) mass is 207 g/mol. The van der Waals surface area contributed by atoms with Crippen LogP contribution >= 0.6 is 11.8 Å². The van der Waals surface area contributed by atoms with E-state index in [0.29, 0.717) is 5.17 Å². The molecule has 0 heterocycles. The van der Waals surface area contributed by atoms with E-state index in [0.717, 1.165) is 11.3 Å². The average molecular weight is 207 g/mol. The molecule has 4 heteroatoms. The highest BCUT2D eigenvalue weighted by atomic mass is 32.2. The number of amidine groups is 1. The van der Waals surface area contributed by atoms with E-state index in [4.69, 9.17) is 5.73 Å². The quantitative estimate of drug-likeness (QED) is 0.469. The van der Waals surface area contributed by atoms with Crippen LogP contribution in [0.25, 0.3) is 0 Å². The number of nitrogens with zero attached hydrogens (tertiary/aromatic N) is 2. The molecule has 0 radical (unpaired) electrons. The van der Waals surface area contributed by atoms with Crippen molar-refractivity contribution in [2.24, 2.45) is 15.9 Å². The van der Waals surface area contributed by atoms with Crippen molar-refractivity contribution >= 4 is 23.1 Å². The van der Waals surface area contributed by atoms with Crippen LogP contribution < -0.4 is 5.73 Å². The van der Waals surface area contributed by atoms with Crippen LogP contribution in [0.5, 0.6) is 0 Å². The fraction of sp³-hybridized carbons (Fsp3) is 0.200. The number of rotatable bonds is 3. The molecule has 0 aliphatic carbocycles. The first-order chi connectivity index (χ1) is 6.83. The first-order valence-electron chi connectivity index (χ1n) is 4.37. The van der Waals surface area contributed by atoms with E-state index in [1.165, 1.54) is 11.8 Å². The Hall–Kier alpha value is -1.29. The Labute approximate surface area is 88.1 Å². The maximum absolute atomic E-state index is 5.55. The third kappa shape index (κ3) is 4.09. The number of thioether (sulfide) groups is 1. The Balaban J connectivity index is 2.53. The van der Waals surface area contributed by atoms with Gasteiger partial charge in [0.1, 0.15) is 0 Å². The summed E-state index contributed by atoms with van der Waals surface area (Å²) in [5.41, 5.74) is 6.57. The van der Waals surface area contributed by atoms with E-state index in [2.05, 4.69) is 10.2 Å². The Morgan fingerprint density at radius 3 is 2.79 bits per heavy atom. The van der Waals surface area contributed by atoms with Gasteiger partial charge in [0.05, 0.1) is 6.21 Å². The molecule has 1 aromatic rings. The predicted octanol–water partition coefficient (Wildman–Crippen LogP) is 2.09. The van der Waals surface area contributed by atoms with Gasteiger partial charge in [0.2, 0.25) is 0 Å². The van der Waals surface area contributed by atoms with Crippen molar-refractivity contribution < 1.29 is 0 Å². The molecule has 2 N–H and O–H groups in total. The van der Waals surface area contributed by atoms with Crippen LogP contribution in [0, 0.1) is 0 Å². The second kappa shape index (κ2) is 6.21. The lowest BCUT2D eigenvalue weighted by Gasteiger charge is -1.92. The fourth-order valence-corrected chi connectivity index (χ4v) is 1.27. The highest BCUT2D eigenvalue weighted by Crippen LogP contribution is 1.98. The lowest BCUT2D eigenvalue weighted by atomic mass is 10.2. The van der Waals surface area contributed by atoms with Crippen molar-refractivity contribution in [2.45, 2.75) is 6.92 Å². The average Bonchev–Trinajstić information content (AvgIpc) is 2.20. The van der Waals surface area contributed by atoms with Gasteiger partial charge in [0, 0.05) is 0 Å². The zero-order chi connectivity index (χ0) is 10.2. The van der Waals surface area contributed by atoms with E-state index in [1.54, 1.807) is 6.21 Å². The number of nitrogens with two attached hydrogens (primary N) is 1. The van der Waals surface area contributed by atoms with Crippen molar-refractivity contribution in [3.05, 3.63) is 35.9 Å². The van der Waals surface area contributed by atoms with Crippen molar-refractivity contribution in [1.82, 2.24) is 0 Å².